The summed E-state index contributed by atoms with van der Waals surface area (Å²) in [5, 5.41) is 9.56. The summed E-state index contributed by atoms with van der Waals surface area (Å²) in [5.74, 6) is 1.33. The molecule has 164 valence electrons. The van der Waals surface area contributed by atoms with E-state index in [1.54, 1.807) is 0 Å². The Bertz CT molecular complexity index is 1040. The predicted molar refractivity (Wildman–Crippen MR) is 123 cm³/mol. The van der Waals surface area contributed by atoms with Gasteiger partial charge in [0.25, 0.3) is 0 Å². The molecule has 4 rings (SSSR count). The lowest BCUT2D eigenvalue weighted by molar-refractivity contribution is -0.142. The molecule has 0 bridgehead atoms. The highest BCUT2D eigenvalue weighted by atomic mass is 79.9. The van der Waals surface area contributed by atoms with Gasteiger partial charge in [0.05, 0.1) is 22.7 Å². The second-order valence-electron chi connectivity index (χ2n) is 8.24. The molecule has 0 aliphatic heterocycles. The van der Waals surface area contributed by atoms with Gasteiger partial charge in [0.2, 0.25) is 5.89 Å². The standard InChI is InChI=1S/C25H28BrNO4/c1-3-18(25(28)29)19-10-9-17-13-23(21(26)14-20(17)19)30-12-11-22-15(2)31-24(27-22)16-7-5-4-6-8-16/h5,7-8,13-14,18-19H,3-4,6,9-12H2,1-2H3,(H,28,29). The third-order valence-corrected chi connectivity index (χ3v) is 6.91. The smallest absolute Gasteiger partial charge is 0.307 e. The summed E-state index contributed by atoms with van der Waals surface area (Å²) < 4.78 is 12.8. The maximum absolute atomic E-state index is 11.6. The van der Waals surface area contributed by atoms with E-state index in [4.69, 9.17) is 9.15 Å². The van der Waals surface area contributed by atoms with Gasteiger partial charge in [-0.05, 0) is 84.1 Å². The van der Waals surface area contributed by atoms with Gasteiger partial charge in [0.1, 0.15) is 11.5 Å². The summed E-state index contributed by atoms with van der Waals surface area (Å²) in [4.78, 5) is 16.3. The molecule has 1 N–H and O–H groups in total. The monoisotopic (exact) mass is 485 g/mol. The molecule has 0 saturated heterocycles. The van der Waals surface area contributed by atoms with Crippen LogP contribution < -0.4 is 4.74 Å². The average Bonchev–Trinajstić information content (AvgIpc) is 3.33. The number of aliphatic carboxylic acids is 1. The van der Waals surface area contributed by atoms with Crippen LogP contribution in [0.2, 0.25) is 0 Å². The van der Waals surface area contributed by atoms with Crippen molar-refractivity contribution in [1.82, 2.24) is 4.98 Å². The van der Waals surface area contributed by atoms with E-state index in [1.165, 1.54) is 5.56 Å². The van der Waals surface area contributed by atoms with Crippen LogP contribution in [0.25, 0.3) is 5.57 Å². The maximum Gasteiger partial charge on any atom is 0.307 e. The lowest BCUT2D eigenvalue weighted by atomic mass is 9.85. The third-order valence-electron chi connectivity index (χ3n) is 6.29. The van der Waals surface area contributed by atoms with Crippen LogP contribution in [0.5, 0.6) is 5.75 Å². The number of nitrogens with zero attached hydrogens (tertiary/aromatic N) is 1. The normalized spacial score (nSPS) is 18.5. The van der Waals surface area contributed by atoms with Gasteiger partial charge >= 0.3 is 5.97 Å². The number of carbonyl (C=O) groups is 1. The molecular weight excluding hydrogens is 458 g/mol. The van der Waals surface area contributed by atoms with E-state index < -0.39 is 5.97 Å². The number of carboxylic acids is 1. The lowest BCUT2D eigenvalue weighted by Gasteiger charge is -2.19. The van der Waals surface area contributed by atoms with Crippen LogP contribution in [0.15, 0.2) is 39.3 Å². The predicted octanol–water partition coefficient (Wildman–Crippen LogP) is 6.24. The number of aromatic nitrogens is 1. The average molecular weight is 486 g/mol. The second kappa shape index (κ2) is 9.43. The molecule has 2 aliphatic carbocycles. The van der Waals surface area contributed by atoms with Crippen molar-refractivity contribution in [3.63, 3.8) is 0 Å². The number of allylic oxidation sites excluding steroid dienone is 4. The molecular formula is C25H28BrNO4. The Balaban J connectivity index is 1.42. The van der Waals surface area contributed by atoms with E-state index in [2.05, 4.69) is 51.3 Å². The third kappa shape index (κ3) is 4.64. The largest absolute Gasteiger partial charge is 0.492 e. The molecule has 2 unspecified atom stereocenters. The summed E-state index contributed by atoms with van der Waals surface area (Å²) >= 11 is 3.62. The zero-order valence-electron chi connectivity index (χ0n) is 18.0. The molecule has 0 spiro atoms. The quantitative estimate of drug-likeness (QED) is 0.478. The zero-order valence-corrected chi connectivity index (χ0v) is 19.6. The molecule has 1 aromatic carbocycles. The highest BCUT2D eigenvalue weighted by molar-refractivity contribution is 9.10. The van der Waals surface area contributed by atoms with Gasteiger partial charge in [-0.15, -0.1) is 0 Å². The minimum atomic E-state index is -0.710. The van der Waals surface area contributed by atoms with E-state index in [-0.39, 0.29) is 11.8 Å². The molecule has 31 heavy (non-hydrogen) atoms. The maximum atomic E-state index is 11.6. The van der Waals surface area contributed by atoms with E-state index >= 15 is 0 Å². The summed E-state index contributed by atoms with van der Waals surface area (Å²) in [7, 11) is 0. The molecule has 0 amide bonds. The fourth-order valence-electron chi connectivity index (χ4n) is 4.61. The van der Waals surface area contributed by atoms with Gasteiger partial charge in [0, 0.05) is 12.0 Å². The summed E-state index contributed by atoms with van der Waals surface area (Å²) in [6, 6.07) is 4.11. The first-order chi connectivity index (χ1) is 15.0. The Labute approximate surface area is 191 Å². The summed E-state index contributed by atoms with van der Waals surface area (Å²) in [5.41, 5.74) is 4.29. The molecule has 5 nitrogen and oxygen atoms in total. The second-order valence-corrected chi connectivity index (χ2v) is 9.09. The molecule has 0 saturated carbocycles. The van der Waals surface area contributed by atoms with Crippen molar-refractivity contribution >= 4 is 27.5 Å². The van der Waals surface area contributed by atoms with E-state index in [0.717, 1.165) is 58.5 Å². The van der Waals surface area contributed by atoms with Crippen LogP contribution in [-0.4, -0.2) is 22.7 Å². The first kappa shape index (κ1) is 21.9. The molecule has 1 aromatic heterocycles. The highest BCUT2D eigenvalue weighted by Crippen LogP contribution is 2.43. The molecule has 0 fully saturated rings. The number of fused-ring (bicyclic) bond motifs is 1. The Morgan fingerprint density at radius 1 is 1.39 bits per heavy atom. The van der Waals surface area contributed by atoms with Crippen LogP contribution >= 0.6 is 15.9 Å². The van der Waals surface area contributed by atoms with Crippen LogP contribution in [0.1, 0.15) is 67.0 Å². The number of aryl methyl sites for hydroxylation is 2. The molecule has 1 heterocycles. The van der Waals surface area contributed by atoms with E-state index in [9.17, 15) is 9.90 Å². The van der Waals surface area contributed by atoms with Crippen molar-refractivity contribution < 1.29 is 19.1 Å². The van der Waals surface area contributed by atoms with Gasteiger partial charge in [0.15, 0.2) is 0 Å². The first-order valence-corrected chi connectivity index (χ1v) is 11.8. The lowest BCUT2D eigenvalue weighted by Crippen LogP contribution is -2.19. The first-order valence-electron chi connectivity index (χ1n) is 11.0. The Hall–Kier alpha value is -2.34. The molecule has 2 aromatic rings. The van der Waals surface area contributed by atoms with Crippen LogP contribution in [0, 0.1) is 12.8 Å². The van der Waals surface area contributed by atoms with Crippen LogP contribution in [0.3, 0.4) is 0 Å². The molecule has 2 aliphatic rings. The van der Waals surface area contributed by atoms with Crippen molar-refractivity contribution in [2.45, 2.75) is 58.3 Å². The topological polar surface area (TPSA) is 72.6 Å². The number of oxazole rings is 1. The van der Waals surface area contributed by atoms with Crippen molar-refractivity contribution in [1.29, 1.82) is 0 Å². The number of halogens is 1. The highest BCUT2D eigenvalue weighted by Gasteiger charge is 2.33. The minimum Gasteiger partial charge on any atom is -0.492 e. The number of hydrogen-bond donors (Lipinski definition) is 1. The van der Waals surface area contributed by atoms with Crippen LogP contribution in [0.4, 0.5) is 0 Å². The van der Waals surface area contributed by atoms with Crippen molar-refractivity contribution in [3.8, 4) is 5.75 Å². The Morgan fingerprint density at radius 2 is 2.23 bits per heavy atom. The van der Waals surface area contributed by atoms with E-state index in [0.29, 0.717) is 25.3 Å². The van der Waals surface area contributed by atoms with Gasteiger partial charge < -0.3 is 14.3 Å². The molecule has 0 radical (unpaired) electrons. The van der Waals surface area contributed by atoms with Crippen LogP contribution in [-0.2, 0) is 17.6 Å². The van der Waals surface area contributed by atoms with Gasteiger partial charge in [-0.3, -0.25) is 4.79 Å². The van der Waals surface area contributed by atoms with Crippen molar-refractivity contribution in [2.24, 2.45) is 5.92 Å². The Morgan fingerprint density at radius 3 is 2.94 bits per heavy atom. The minimum absolute atomic E-state index is 0.0715. The van der Waals surface area contributed by atoms with Gasteiger partial charge in [-0.25, -0.2) is 4.98 Å². The Kier molecular flexibility index (Phi) is 6.65. The van der Waals surface area contributed by atoms with Crippen molar-refractivity contribution in [3.05, 3.63) is 63.3 Å². The van der Waals surface area contributed by atoms with Crippen molar-refractivity contribution in [2.75, 3.05) is 6.61 Å². The number of hydrogen-bond acceptors (Lipinski definition) is 4. The van der Waals surface area contributed by atoms with E-state index in [1.807, 2.05) is 13.8 Å². The summed E-state index contributed by atoms with van der Waals surface area (Å²) in [6.45, 7) is 4.38. The van der Waals surface area contributed by atoms with Gasteiger partial charge in [-0.2, -0.15) is 0 Å². The number of benzene rings is 1. The summed E-state index contributed by atoms with van der Waals surface area (Å²) in [6.07, 6.45) is 11.5. The molecule has 6 heteroatoms. The SMILES string of the molecule is CCC(C(=O)O)C1CCc2cc(OCCc3nc(C4=CCCC=C4)oc3C)c(Br)cc21. The fourth-order valence-corrected chi connectivity index (χ4v) is 5.09. The number of carboxylic acid groups (broad SMARTS) is 1. The number of rotatable bonds is 8. The molecule has 2 atom stereocenters. The van der Waals surface area contributed by atoms with Gasteiger partial charge in [-0.1, -0.05) is 25.2 Å². The number of ether oxygens (including phenoxy) is 1. The zero-order chi connectivity index (χ0) is 22.0. The fraction of sp³-hybridized carbons (Fsp3) is 0.440.